The number of nitro benzene ring substituents is 1. The zero-order valence-electron chi connectivity index (χ0n) is 19.7. The number of phenolic OH excluding ortho intramolecular Hbond substituents is 1. The van der Waals surface area contributed by atoms with Gasteiger partial charge in [-0.1, -0.05) is 47.7 Å². The summed E-state index contributed by atoms with van der Waals surface area (Å²) in [6.07, 6.45) is 3.11. The Hall–Kier alpha value is -4.50. The van der Waals surface area contributed by atoms with Gasteiger partial charge in [0, 0.05) is 23.3 Å². The van der Waals surface area contributed by atoms with E-state index in [1.807, 2.05) is 36.4 Å². The molecule has 3 aromatic carbocycles. The maximum absolute atomic E-state index is 13.8. The van der Waals surface area contributed by atoms with Crippen LogP contribution < -0.4 is 19.6 Å². The third kappa shape index (κ3) is 3.84. The highest BCUT2D eigenvalue weighted by Crippen LogP contribution is 2.41. The lowest BCUT2D eigenvalue weighted by Crippen LogP contribution is -2.38. The van der Waals surface area contributed by atoms with Crippen molar-refractivity contribution >= 4 is 28.8 Å². The molecule has 1 aliphatic heterocycles. The SMILES string of the molecule is COc1ccc([C@H]2C3=C(N=c4s/c(=C/c5cc([N+](=O)[O-])ccc5O)c(=O)n42)c2ccccc2CC3)cc1. The summed E-state index contributed by atoms with van der Waals surface area (Å²) >= 11 is 1.20. The van der Waals surface area contributed by atoms with Gasteiger partial charge in [-0.2, -0.15) is 0 Å². The van der Waals surface area contributed by atoms with Gasteiger partial charge in [-0.15, -0.1) is 0 Å². The maximum atomic E-state index is 13.8. The quantitative estimate of drug-likeness (QED) is 0.330. The van der Waals surface area contributed by atoms with Crippen LogP contribution in [0.1, 0.15) is 34.7 Å². The van der Waals surface area contributed by atoms with Crippen LogP contribution in [0.15, 0.2) is 82.1 Å². The van der Waals surface area contributed by atoms with Crippen molar-refractivity contribution in [1.82, 2.24) is 4.57 Å². The van der Waals surface area contributed by atoms with Gasteiger partial charge >= 0.3 is 0 Å². The molecule has 0 saturated carbocycles. The fourth-order valence-corrected chi connectivity index (χ4v) is 6.01. The molecule has 2 heterocycles. The van der Waals surface area contributed by atoms with Crippen molar-refractivity contribution in [1.29, 1.82) is 0 Å². The van der Waals surface area contributed by atoms with E-state index in [1.54, 1.807) is 11.7 Å². The molecule has 6 rings (SSSR count). The van der Waals surface area contributed by atoms with Gasteiger partial charge in [0.25, 0.3) is 11.2 Å². The van der Waals surface area contributed by atoms with E-state index >= 15 is 0 Å². The molecule has 184 valence electrons. The van der Waals surface area contributed by atoms with Crippen molar-refractivity contribution in [3.8, 4) is 11.5 Å². The number of benzene rings is 3. The van der Waals surface area contributed by atoms with Crippen LogP contribution in [-0.4, -0.2) is 21.7 Å². The summed E-state index contributed by atoms with van der Waals surface area (Å²) in [4.78, 5) is 30.0. The van der Waals surface area contributed by atoms with Crippen molar-refractivity contribution in [2.75, 3.05) is 7.11 Å². The molecule has 1 aromatic heterocycles. The number of aryl methyl sites for hydroxylation is 1. The second-order valence-electron chi connectivity index (χ2n) is 8.89. The Labute approximate surface area is 214 Å². The van der Waals surface area contributed by atoms with Gasteiger partial charge in [0.05, 0.1) is 28.3 Å². The molecule has 0 amide bonds. The van der Waals surface area contributed by atoms with Crippen LogP contribution in [0, 0.1) is 10.1 Å². The number of hydrogen-bond donors (Lipinski definition) is 1. The molecular formula is C28H21N3O5S. The average molecular weight is 512 g/mol. The second-order valence-corrected chi connectivity index (χ2v) is 9.90. The van der Waals surface area contributed by atoms with Gasteiger partial charge in [0.15, 0.2) is 4.80 Å². The van der Waals surface area contributed by atoms with Gasteiger partial charge in [-0.25, -0.2) is 4.99 Å². The molecule has 1 N–H and O–H groups in total. The van der Waals surface area contributed by atoms with Crippen molar-refractivity contribution in [3.63, 3.8) is 0 Å². The number of thiazole rings is 1. The summed E-state index contributed by atoms with van der Waals surface area (Å²) in [6.45, 7) is 0. The molecule has 37 heavy (non-hydrogen) atoms. The monoisotopic (exact) mass is 511 g/mol. The summed E-state index contributed by atoms with van der Waals surface area (Å²) in [5.74, 6) is 0.580. The van der Waals surface area contributed by atoms with E-state index in [1.165, 1.54) is 41.2 Å². The lowest BCUT2D eigenvalue weighted by atomic mass is 9.83. The number of nitrogens with zero attached hydrogens (tertiary/aromatic N) is 3. The first-order chi connectivity index (χ1) is 17.9. The lowest BCUT2D eigenvalue weighted by molar-refractivity contribution is -0.384. The van der Waals surface area contributed by atoms with E-state index in [4.69, 9.17) is 9.73 Å². The van der Waals surface area contributed by atoms with Gasteiger partial charge in [0.2, 0.25) is 0 Å². The van der Waals surface area contributed by atoms with Crippen molar-refractivity contribution in [2.45, 2.75) is 18.9 Å². The summed E-state index contributed by atoms with van der Waals surface area (Å²) in [7, 11) is 1.61. The predicted octanol–water partition coefficient (Wildman–Crippen LogP) is 3.94. The fourth-order valence-electron chi connectivity index (χ4n) is 5.02. The Morgan fingerprint density at radius 1 is 1.14 bits per heavy atom. The first-order valence-corrected chi connectivity index (χ1v) is 12.5. The average Bonchev–Trinajstić information content (AvgIpc) is 3.23. The minimum absolute atomic E-state index is 0.142. The number of non-ortho nitro benzene ring substituents is 1. The highest BCUT2D eigenvalue weighted by Gasteiger charge is 2.32. The normalized spacial score (nSPS) is 16.5. The first kappa shape index (κ1) is 22.9. The number of ether oxygens (including phenoxy) is 1. The minimum Gasteiger partial charge on any atom is -0.507 e. The smallest absolute Gasteiger partial charge is 0.271 e. The van der Waals surface area contributed by atoms with E-state index < -0.39 is 4.92 Å². The van der Waals surface area contributed by atoms with Crippen molar-refractivity contribution in [3.05, 3.63) is 124 Å². The van der Waals surface area contributed by atoms with E-state index in [0.717, 1.165) is 41.0 Å². The molecule has 1 atom stereocenters. The Morgan fingerprint density at radius 3 is 2.68 bits per heavy atom. The summed E-state index contributed by atoms with van der Waals surface area (Å²) in [5.41, 5.74) is 4.95. The van der Waals surface area contributed by atoms with Crippen LogP contribution in [0.5, 0.6) is 11.5 Å². The molecule has 0 fully saturated rings. The third-order valence-electron chi connectivity index (χ3n) is 6.81. The largest absolute Gasteiger partial charge is 0.507 e. The molecule has 2 aliphatic rings. The zero-order valence-corrected chi connectivity index (χ0v) is 20.6. The number of phenols is 1. The van der Waals surface area contributed by atoms with E-state index in [-0.39, 0.29) is 28.6 Å². The first-order valence-electron chi connectivity index (χ1n) is 11.7. The van der Waals surface area contributed by atoms with Crippen molar-refractivity contribution < 1.29 is 14.8 Å². The molecule has 4 aromatic rings. The van der Waals surface area contributed by atoms with Gasteiger partial charge in [-0.05, 0) is 53.8 Å². The number of nitro groups is 1. The van der Waals surface area contributed by atoms with Gasteiger partial charge in [0.1, 0.15) is 11.5 Å². The number of methoxy groups -OCH3 is 1. The molecule has 0 saturated heterocycles. The highest BCUT2D eigenvalue weighted by molar-refractivity contribution is 7.07. The molecule has 9 heteroatoms. The predicted molar refractivity (Wildman–Crippen MR) is 141 cm³/mol. The molecule has 8 nitrogen and oxygen atoms in total. The molecule has 1 aliphatic carbocycles. The van der Waals surface area contributed by atoms with Crippen LogP contribution in [0.2, 0.25) is 0 Å². The topological polar surface area (TPSA) is 107 Å². The van der Waals surface area contributed by atoms with E-state index in [2.05, 4.69) is 12.1 Å². The fraction of sp³-hybridized carbons (Fsp3) is 0.143. The number of aromatic hydroxyl groups is 1. The summed E-state index contributed by atoms with van der Waals surface area (Å²) in [5, 5.41) is 21.6. The number of hydrogen-bond acceptors (Lipinski definition) is 7. The molecule has 0 unspecified atom stereocenters. The lowest BCUT2D eigenvalue weighted by Gasteiger charge is -2.30. The highest BCUT2D eigenvalue weighted by atomic mass is 32.1. The molecule has 0 bridgehead atoms. The Balaban J connectivity index is 1.60. The maximum Gasteiger partial charge on any atom is 0.271 e. The Kier molecular flexibility index (Phi) is 5.49. The standard InChI is InChI=1S/C28H21N3O5S/c1-36-20-10-6-17(7-11-20)26-22-12-8-16-4-2-3-5-21(16)25(22)29-28-30(26)27(33)24(37-28)15-18-14-19(31(34)35)9-13-23(18)32/h2-7,9-11,13-15,26,32H,8,12H2,1H3/b24-15+/t26-/m0/s1. The van der Waals surface area contributed by atoms with E-state index in [0.29, 0.717) is 9.33 Å². The summed E-state index contributed by atoms with van der Waals surface area (Å²) in [6, 6.07) is 19.3. The zero-order chi connectivity index (χ0) is 25.7. The van der Waals surface area contributed by atoms with Crippen LogP contribution in [0.3, 0.4) is 0 Å². The molecule has 0 radical (unpaired) electrons. The minimum atomic E-state index is -0.534. The Bertz CT molecular complexity index is 1780. The third-order valence-corrected chi connectivity index (χ3v) is 7.80. The number of rotatable bonds is 4. The van der Waals surface area contributed by atoms with Crippen molar-refractivity contribution in [2.24, 2.45) is 4.99 Å². The van der Waals surface area contributed by atoms with Crippen LogP contribution in [0.4, 0.5) is 5.69 Å². The molecular weight excluding hydrogens is 490 g/mol. The number of fused-ring (bicyclic) bond motifs is 3. The number of aromatic nitrogens is 1. The van der Waals surface area contributed by atoms with Gasteiger partial charge < -0.3 is 9.84 Å². The van der Waals surface area contributed by atoms with Crippen LogP contribution >= 0.6 is 11.3 Å². The van der Waals surface area contributed by atoms with Crippen LogP contribution in [-0.2, 0) is 6.42 Å². The number of allylic oxidation sites excluding steroid dienone is 1. The Morgan fingerprint density at radius 2 is 1.92 bits per heavy atom. The molecule has 0 spiro atoms. The van der Waals surface area contributed by atoms with E-state index in [9.17, 15) is 20.0 Å². The summed E-state index contributed by atoms with van der Waals surface area (Å²) < 4.78 is 7.37. The van der Waals surface area contributed by atoms with Gasteiger partial charge in [-0.3, -0.25) is 19.5 Å². The van der Waals surface area contributed by atoms with Crippen LogP contribution in [0.25, 0.3) is 11.8 Å². The second kappa shape index (κ2) is 8.86.